The number of ether oxygens (including phenoxy) is 3. The molecule has 4 aromatic rings. The third-order valence-corrected chi connectivity index (χ3v) is 8.59. The van der Waals surface area contributed by atoms with Crippen molar-refractivity contribution in [3.63, 3.8) is 0 Å². The van der Waals surface area contributed by atoms with Gasteiger partial charge in [-0.1, -0.05) is 20.8 Å². The Kier molecular flexibility index (Phi) is 9.22. The fourth-order valence-corrected chi connectivity index (χ4v) is 6.07. The maximum absolute atomic E-state index is 12.8. The first kappa shape index (κ1) is 30.8. The van der Waals surface area contributed by atoms with Crippen LogP contribution in [0.5, 0.6) is 5.75 Å². The van der Waals surface area contributed by atoms with E-state index in [0.29, 0.717) is 25.7 Å². The Bertz CT molecular complexity index is 1560. The monoisotopic (exact) mass is 616 g/mol. The molecule has 0 amide bonds. The molecule has 45 heavy (non-hydrogen) atoms. The lowest BCUT2D eigenvalue weighted by molar-refractivity contribution is -0.193. The molecule has 0 aliphatic carbocycles. The summed E-state index contributed by atoms with van der Waals surface area (Å²) >= 11 is 0. The quantitative estimate of drug-likeness (QED) is 0.232. The number of hydrogen-bond acceptors (Lipinski definition) is 9. The van der Waals surface area contributed by atoms with Crippen LogP contribution in [-0.4, -0.2) is 80.6 Å². The van der Waals surface area contributed by atoms with Gasteiger partial charge in [0.1, 0.15) is 31.3 Å². The van der Waals surface area contributed by atoms with Crippen molar-refractivity contribution in [3.05, 3.63) is 77.7 Å². The molecule has 0 spiro atoms. The largest absolute Gasteiger partial charge is 0.491 e. The van der Waals surface area contributed by atoms with Gasteiger partial charge in [-0.05, 0) is 67.8 Å². The van der Waals surface area contributed by atoms with Gasteiger partial charge in [0.2, 0.25) is 0 Å². The van der Waals surface area contributed by atoms with Crippen LogP contribution in [-0.2, 0) is 16.0 Å². The maximum Gasteiger partial charge on any atom is 0.350 e. The van der Waals surface area contributed by atoms with Gasteiger partial charge in [-0.25, -0.2) is 14.0 Å². The molecule has 12 nitrogen and oxygen atoms in total. The highest BCUT2D eigenvalue weighted by Crippen LogP contribution is 2.32. The molecular formula is C33H44N8O4. The van der Waals surface area contributed by atoms with E-state index in [9.17, 15) is 4.79 Å². The zero-order chi connectivity index (χ0) is 31.4. The summed E-state index contributed by atoms with van der Waals surface area (Å²) in [5.41, 5.74) is 3.05. The minimum Gasteiger partial charge on any atom is -0.491 e. The van der Waals surface area contributed by atoms with Crippen molar-refractivity contribution in [2.45, 2.75) is 65.0 Å². The zero-order valence-corrected chi connectivity index (χ0v) is 26.7. The molecule has 0 bridgehead atoms. The number of rotatable bonds is 12. The van der Waals surface area contributed by atoms with E-state index in [1.807, 2.05) is 31.2 Å². The molecular weight excluding hydrogens is 572 g/mol. The van der Waals surface area contributed by atoms with Gasteiger partial charge < -0.3 is 24.0 Å². The number of anilines is 2. The minimum absolute atomic E-state index is 0.0760. The van der Waals surface area contributed by atoms with Gasteiger partial charge in [0.25, 0.3) is 0 Å². The molecule has 2 aromatic heterocycles. The SMILES string of the molecule is CCC(C)n1ncn(-c2ccc(N3CCN(c4ccc(OC[C@@H]5CO[C@](CC(C)C)(Cn6nccn6)O5)cc4)CC3)cc2)c1=O. The van der Waals surface area contributed by atoms with Crippen molar-refractivity contribution < 1.29 is 14.2 Å². The molecule has 0 saturated carbocycles. The highest BCUT2D eigenvalue weighted by Gasteiger charge is 2.43. The number of benzene rings is 2. The molecule has 0 N–H and O–H groups in total. The lowest BCUT2D eigenvalue weighted by Gasteiger charge is -2.37. The Morgan fingerprint density at radius 1 is 0.889 bits per heavy atom. The summed E-state index contributed by atoms with van der Waals surface area (Å²) in [6.07, 6.45) is 6.39. The first-order chi connectivity index (χ1) is 21.8. The Morgan fingerprint density at radius 2 is 1.49 bits per heavy atom. The fraction of sp³-hybridized carbons (Fsp3) is 0.515. The van der Waals surface area contributed by atoms with Crippen LogP contribution in [0.15, 0.2) is 72.0 Å². The smallest absolute Gasteiger partial charge is 0.350 e. The zero-order valence-electron chi connectivity index (χ0n) is 26.7. The summed E-state index contributed by atoms with van der Waals surface area (Å²) in [7, 11) is 0. The van der Waals surface area contributed by atoms with Gasteiger partial charge in [0, 0.05) is 44.0 Å². The van der Waals surface area contributed by atoms with Crippen LogP contribution in [0.3, 0.4) is 0 Å². The van der Waals surface area contributed by atoms with E-state index in [4.69, 9.17) is 14.2 Å². The third-order valence-electron chi connectivity index (χ3n) is 8.59. The molecule has 0 radical (unpaired) electrons. The first-order valence-corrected chi connectivity index (χ1v) is 16.0. The summed E-state index contributed by atoms with van der Waals surface area (Å²) < 4.78 is 21.8. The molecule has 3 atom stereocenters. The molecule has 12 heteroatoms. The minimum atomic E-state index is -0.744. The molecule has 2 aromatic carbocycles. The van der Waals surface area contributed by atoms with Crippen molar-refractivity contribution in [1.82, 2.24) is 29.3 Å². The second kappa shape index (κ2) is 13.5. The highest BCUT2D eigenvalue weighted by atomic mass is 16.8. The highest BCUT2D eigenvalue weighted by molar-refractivity contribution is 5.54. The lowest BCUT2D eigenvalue weighted by atomic mass is 10.0. The molecule has 2 aliphatic heterocycles. The average molecular weight is 617 g/mol. The molecule has 1 unspecified atom stereocenters. The van der Waals surface area contributed by atoms with Crippen LogP contribution < -0.4 is 20.2 Å². The number of aromatic nitrogens is 6. The van der Waals surface area contributed by atoms with Crippen LogP contribution in [0.2, 0.25) is 0 Å². The summed E-state index contributed by atoms with van der Waals surface area (Å²) in [5, 5.41) is 12.8. The predicted octanol–water partition coefficient (Wildman–Crippen LogP) is 4.16. The third kappa shape index (κ3) is 7.07. The van der Waals surface area contributed by atoms with E-state index in [1.54, 1.807) is 32.8 Å². The Labute approximate surface area is 264 Å². The summed E-state index contributed by atoms with van der Waals surface area (Å²) in [5.74, 6) is 0.468. The molecule has 2 fully saturated rings. The fourth-order valence-electron chi connectivity index (χ4n) is 6.07. The number of piperazine rings is 1. The van der Waals surface area contributed by atoms with Crippen LogP contribution in [0, 0.1) is 5.92 Å². The van der Waals surface area contributed by atoms with Crippen LogP contribution >= 0.6 is 0 Å². The maximum atomic E-state index is 12.8. The van der Waals surface area contributed by atoms with Crippen molar-refractivity contribution in [2.75, 3.05) is 49.2 Å². The molecule has 2 saturated heterocycles. The summed E-state index contributed by atoms with van der Waals surface area (Å²) in [6, 6.07) is 16.5. The normalized spacial score (nSPS) is 21.0. The molecule has 6 rings (SSSR count). The van der Waals surface area contributed by atoms with Gasteiger partial charge in [0.05, 0.1) is 30.7 Å². The molecule has 240 valence electrons. The molecule has 2 aliphatic rings. The van der Waals surface area contributed by atoms with Gasteiger partial charge >= 0.3 is 5.69 Å². The Balaban J connectivity index is 0.986. The van der Waals surface area contributed by atoms with E-state index in [1.165, 1.54) is 5.69 Å². The standard InChI is InChI=1S/C33H44N8O4/c1-5-26(4)41-32(42)39(24-36-41)29-8-6-27(7-9-29)37-16-18-38(19-17-37)28-10-12-30(13-11-28)43-21-31-22-44-33(45-31,20-25(2)3)23-40-34-14-15-35-40/h6-15,24-26,31H,5,16-23H2,1-4H3/t26?,31-,33+/m1/s1. The van der Waals surface area contributed by atoms with Gasteiger partial charge in [-0.15, -0.1) is 0 Å². The Morgan fingerprint density at radius 3 is 2.09 bits per heavy atom. The Hall–Kier alpha value is -4.16. The van der Waals surface area contributed by atoms with Crippen LogP contribution in [0.25, 0.3) is 5.69 Å². The summed E-state index contributed by atoms with van der Waals surface area (Å²) in [4.78, 5) is 19.2. The van der Waals surface area contributed by atoms with E-state index >= 15 is 0 Å². The van der Waals surface area contributed by atoms with Crippen molar-refractivity contribution in [3.8, 4) is 11.4 Å². The number of hydrogen-bond donors (Lipinski definition) is 0. The van der Waals surface area contributed by atoms with Gasteiger partial charge in [0.15, 0.2) is 5.79 Å². The lowest BCUT2D eigenvalue weighted by Crippen LogP contribution is -2.46. The second-order valence-corrected chi connectivity index (χ2v) is 12.4. The van der Waals surface area contributed by atoms with Crippen molar-refractivity contribution in [2.24, 2.45) is 5.92 Å². The van der Waals surface area contributed by atoms with Crippen LogP contribution in [0.4, 0.5) is 11.4 Å². The second-order valence-electron chi connectivity index (χ2n) is 12.4. The van der Waals surface area contributed by atoms with Gasteiger partial charge in [-0.3, -0.25) is 0 Å². The predicted molar refractivity (Wildman–Crippen MR) is 172 cm³/mol. The van der Waals surface area contributed by atoms with Crippen molar-refractivity contribution in [1.29, 1.82) is 0 Å². The van der Waals surface area contributed by atoms with Crippen molar-refractivity contribution >= 4 is 11.4 Å². The van der Waals surface area contributed by atoms with Gasteiger partial charge in [-0.2, -0.15) is 20.1 Å². The average Bonchev–Trinajstić information content (AvgIpc) is 3.81. The summed E-state index contributed by atoms with van der Waals surface area (Å²) in [6.45, 7) is 13.4. The van der Waals surface area contributed by atoms with E-state index in [-0.39, 0.29) is 17.8 Å². The topological polar surface area (TPSA) is 105 Å². The first-order valence-electron chi connectivity index (χ1n) is 16.0. The van der Waals surface area contributed by atoms with E-state index in [0.717, 1.165) is 56.1 Å². The molecule has 4 heterocycles. The van der Waals surface area contributed by atoms with E-state index in [2.05, 4.69) is 70.1 Å². The number of nitrogens with zero attached hydrogens (tertiary/aromatic N) is 8. The van der Waals surface area contributed by atoms with E-state index < -0.39 is 5.79 Å². The van der Waals surface area contributed by atoms with Crippen LogP contribution in [0.1, 0.15) is 46.6 Å².